The number of sulfonamides is 1. The van der Waals surface area contributed by atoms with Crippen molar-refractivity contribution in [2.75, 3.05) is 23.1 Å². The number of nitrogens with one attached hydrogen (secondary N) is 1. The smallest absolute Gasteiger partial charge is 0.236 e. The molecule has 0 saturated carbocycles. The molecule has 0 fully saturated rings. The molecular formula is C19H22N2O3S2. The van der Waals surface area contributed by atoms with E-state index in [-0.39, 0.29) is 23.5 Å². The second-order valence-corrected chi connectivity index (χ2v) is 9.56. The van der Waals surface area contributed by atoms with Crippen LogP contribution in [0.3, 0.4) is 0 Å². The van der Waals surface area contributed by atoms with E-state index < -0.39 is 10.0 Å². The normalized spacial score (nSPS) is 14.7. The Kier molecular flexibility index (Phi) is 5.88. The van der Waals surface area contributed by atoms with Crippen LogP contribution in [-0.4, -0.2) is 38.4 Å². The Bertz CT molecular complexity index is 869. The molecule has 0 spiro atoms. The molecular weight excluding hydrogens is 368 g/mol. The molecule has 0 aliphatic carbocycles. The quantitative estimate of drug-likeness (QED) is 0.738. The Labute approximate surface area is 158 Å². The molecule has 2 aromatic rings. The van der Waals surface area contributed by atoms with E-state index in [9.17, 15) is 13.2 Å². The van der Waals surface area contributed by atoms with E-state index in [0.717, 1.165) is 22.6 Å². The minimum absolute atomic E-state index is 0.101. The molecule has 0 saturated heterocycles. The lowest BCUT2D eigenvalue weighted by Crippen LogP contribution is -2.39. The van der Waals surface area contributed by atoms with Crippen molar-refractivity contribution in [3.8, 4) is 0 Å². The summed E-state index contributed by atoms with van der Waals surface area (Å²) in [6.45, 7) is 2.40. The largest absolute Gasteiger partial charge is 0.354 e. The Hall–Kier alpha value is -1.99. The third-order valence-corrected chi connectivity index (χ3v) is 7.15. The van der Waals surface area contributed by atoms with Gasteiger partial charge in [-0.25, -0.2) is 8.42 Å². The SMILES string of the molecule is CC(Sc1ccccc1)C(=O)NCCS(=O)(=O)N1CCc2ccccc21. The van der Waals surface area contributed by atoms with Crippen LogP contribution in [0.5, 0.6) is 0 Å². The predicted octanol–water partition coefficient (Wildman–Crippen LogP) is 2.68. The van der Waals surface area contributed by atoms with E-state index in [4.69, 9.17) is 0 Å². The van der Waals surface area contributed by atoms with Gasteiger partial charge in [0.25, 0.3) is 0 Å². The van der Waals surface area contributed by atoms with Crippen molar-refractivity contribution in [3.05, 3.63) is 60.2 Å². The van der Waals surface area contributed by atoms with Gasteiger partial charge in [0.05, 0.1) is 16.7 Å². The van der Waals surface area contributed by atoms with Crippen LogP contribution in [0.25, 0.3) is 0 Å². The van der Waals surface area contributed by atoms with Gasteiger partial charge in [0.1, 0.15) is 0 Å². The van der Waals surface area contributed by atoms with Gasteiger partial charge in [0.15, 0.2) is 0 Å². The van der Waals surface area contributed by atoms with E-state index in [2.05, 4.69) is 5.32 Å². The molecule has 138 valence electrons. The average molecular weight is 391 g/mol. The van der Waals surface area contributed by atoms with E-state index in [0.29, 0.717) is 6.54 Å². The molecule has 0 aromatic heterocycles. The Balaban J connectivity index is 1.52. The molecule has 1 amide bonds. The van der Waals surface area contributed by atoms with Crippen molar-refractivity contribution in [1.29, 1.82) is 0 Å². The van der Waals surface area contributed by atoms with Gasteiger partial charge < -0.3 is 5.32 Å². The molecule has 5 nitrogen and oxygen atoms in total. The van der Waals surface area contributed by atoms with Gasteiger partial charge in [-0.15, -0.1) is 11.8 Å². The van der Waals surface area contributed by atoms with Gasteiger partial charge in [-0.3, -0.25) is 9.10 Å². The molecule has 1 aliphatic rings. The summed E-state index contributed by atoms with van der Waals surface area (Å²) >= 11 is 1.45. The highest BCUT2D eigenvalue weighted by atomic mass is 32.2. The molecule has 2 aromatic carbocycles. The van der Waals surface area contributed by atoms with Crippen LogP contribution >= 0.6 is 11.8 Å². The van der Waals surface area contributed by atoms with Crippen molar-refractivity contribution >= 4 is 33.4 Å². The number of thioether (sulfide) groups is 1. The number of benzene rings is 2. The zero-order chi connectivity index (χ0) is 18.6. The summed E-state index contributed by atoms with van der Waals surface area (Å²) in [6, 6.07) is 17.2. The Morgan fingerprint density at radius 2 is 1.85 bits per heavy atom. The first kappa shape index (κ1) is 18.8. The van der Waals surface area contributed by atoms with Gasteiger partial charge in [-0.2, -0.15) is 0 Å². The van der Waals surface area contributed by atoms with E-state index in [1.165, 1.54) is 16.1 Å². The number of amides is 1. The maximum absolute atomic E-state index is 12.6. The first-order chi connectivity index (χ1) is 12.5. The number of hydrogen-bond acceptors (Lipinski definition) is 4. The highest BCUT2D eigenvalue weighted by molar-refractivity contribution is 8.00. The van der Waals surface area contributed by atoms with Crippen LogP contribution in [0, 0.1) is 0 Å². The van der Waals surface area contributed by atoms with Crippen molar-refractivity contribution in [2.45, 2.75) is 23.5 Å². The maximum Gasteiger partial charge on any atom is 0.236 e. The second-order valence-electron chi connectivity index (χ2n) is 6.13. The average Bonchev–Trinajstić information content (AvgIpc) is 3.07. The van der Waals surface area contributed by atoms with Crippen molar-refractivity contribution in [3.63, 3.8) is 0 Å². The number of nitrogens with zero attached hydrogens (tertiary/aromatic N) is 1. The number of carbonyl (C=O) groups is 1. The monoisotopic (exact) mass is 390 g/mol. The predicted molar refractivity (Wildman–Crippen MR) is 106 cm³/mol. The highest BCUT2D eigenvalue weighted by Crippen LogP contribution is 2.29. The molecule has 1 N–H and O–H groups in total. The van der Waals surface area contributed by atoms with Gasteiger partial charge >= 0.3 is 0 Å². The number of anilines is 1. The molecule has 1 atom stereocenters. The maximum atomic E-state index is 12.6. The van der Waals surface area contributed by atoms with E-state index in [1.807, 2.05) is 61.5 Å². The minimum Gasteiger partial charge on any atom is -0.354 e. The minimum atomic E-state index is -3.44. The molecule has 0 radical (unpaired) electrons. The zero-order valence-electron chi connectivity index (χ0n) is 14.6. The first-order valence-corrected chi connectivity index (χ1v) is 11.0. The molecule has 26 heavy (non-hydrogen) atoms. The zero-order valence-corrected chi connectivity index (χ0v) is 16.2. The lowest BCUT2D eigenvalue weighted by atomic mass is 10.2. The summed E-state index contributed by atoms with van der Waals surface area (Å²) in [6.07, 6.45) is 0.729. The molecule has 1 aliphatic heterocycles. The standard InChI is InChI=1S/C19H22N2O3S2/c1-15(25-17-8-3-2-4-9-17)19(22)20-12-14-26(23,24)21-13-11-16-7-5-6-10-18(16)21/h2-10,15H,11-14H2,1H3,(H,20,22). The van der Waals surface area contributed by atoms with E-state index >= 15 is 0 Å². The van der Waals surface area contributed by atoms with Crippen LogP contribution in [0.2, 0.25) is 0 Å². The van der Waals surface area contributed by atoms with Gasteiger partial charge in [-0.05, 0) is 37.1 Å². The van der Waals surface area contributed by atoms with Gasteiger partial charge in [0.2, 0.25) is 15.9 Å². The van der Waals surface area contributed by atoms with Crippen LogP contribution in [0.1, 0.15) is 12.5 Å². The number of para-hydroxylation sites is 1. The summed E-state index contributed by atoms with van der Waals surface area (Å²) in [7, 11) is -3.44. The highest BCUT2D eigenvalue weighted by Gasteiger charge is 2.28. The van der Waals surface area contributed by atoms with Crippen molar-refractivity contribution in [2.24, 2.45) is 0 Å². The summed E-state index contributed by atoms with van der Waals surface area (Å²) < 4.78 is 26.7. The van der Waals surface area contributed by atoms with Gasteiger partial charge in [-0.1, -0.05) is 36.4 Å². The fourth-order valence-electron chi connectivity index (χ4n) is 2.91. The second kappa shape index (κ2) is 8.14. The Morgan fingerprint density at radius 1 is 1.15 bits per heavy atom. The van der Waals surface area contributed by atoms with Crippen molar-refractivity contribution in [1.82, 2.24) is 5.32 Å². The summed E-state index contributed by atoms with van der Waals surface area (Å²) in [4.78, 5) is 13.2. The molecule has 7 heteroatoms. The third kappa shape index (κ3) is 4.40. The fraction of sp³-hybridized carbons (Fsp3) is 0.316. The summed E-state index contributed by atoms with van der Waals surface area (Å²) in [5, 5.41) is 2.46. The van der Waals surface area contributed by atoms with Crippen LogP contribution in [-0.2, 0) is 21.2 Å². The van der Waals surface area contributed by atoms with Crippen LogP contribution < -0.4 is 9.62 Å². The number of carbonyl (C=O) groups excluding carboxylic acids is 1. The topological polar surface area (TPSA) is 66.5 Å². The fourth-order valence-corrected chi connectivity index (χ4v) is 5.25. The summed E-state index contributed by atoms with van der Waals surface area (Å²) in [5.74, 6) is -0.258. The van der Waals surface area contributed by atoms with Crippen LogP contribution in [0.4, 0.5) is 5.69 Å². The summed E-state index contributed by atoms with van der Waals surface area (Å²) in [5.41, 5.74) is 1.81. The lowest BCUT2D eigenvalue weighted by molar-refractivity contribution is -0.120. The first-order valence-electron chi connectivity index (χ1n) is 8.55. The molecule has 0 bridgehead atoms. The molecule has 1 unspecified atom stereocenters. The number of hydrogen-bond donors (Lipinski definition) is 1. The Morgan fingerprint density at radius 3 is 2.62 bits per heavy atom. The molecule has 1 heterocycles. The van der Waals surface area contributed by atoms with Gasteiger partial charge in [0, 0.05) is 18.0 Å². The van der Waals surface area contributed by atoms with Crippen molar-refractivity contribution < 1.29 is 13.2 Å². The number of rotatable bonds is 7. The van der Waals surface area contributed by atoms with Crippen LogP contribution in [0.15, 0.2) is 59.5 Å². The number of fused-ring (bicyclic) bond motifs is 1. The third-order valence-electron chi connectivity index (χ3n) is 4.26. The molecule has 3 rings (SSSR count). The van der Waals surface area contributed by atoms with E-state index in [1.54, 1.807) is 0 Å². The lowest BCUT2D eigenvalue weighted by Gasteiger charge is -2.20.